The van der Waals surface area contributed by atoms with Crippen molar-refractivity contribution >= 4 is 59.6 Å². The van der Waals surface area contributed by atoms with Crippen molar-refractivity contribution in [3.05, 3.63) is 28.8 Å². The summed E-state index contributed by atoms with van der Waals surface area (Å²) < 4.78 is 0. The van der Waals surface area contributed by atoms with E-state index in [1.165, 1.54) is 6.07 Å². The van der Waals surface area contributed by atoms with Gasteiger partial charge in [-0.05, 0) is 36.9 Å². The Morgan fingerprint density at radius 3 is 2.42 bits per heavy atom. The minimum absolute atomic E-state index is 0. The van der Waals surface area contributed by atoms with Crippen LogP contribution < -0.4 is 16.4 Å². The lowest BCUT2D eigenvalue weighted by molar-refractivity contribution is -0.173. The van der Waals surface area contributed by atoms with Gasteiger partial charge in [0.2, 0.25) is 17.6 Å². The molecule has 0 aliphatic heterocycles. The van der Waals surface area contributed by atoms with Crippen LogP contribution in [0, 0.1) is 23.7 Å². The number of nitrogens with one attached hydrogen (secondary N) is 2. The van der Waals surface area contributed by atoms with E-state index in [2.05, 4.69) is 10.6 Å². The number of primary amides is 1. The van der Waals surface area contributed by atoms with Gasteiger partial charge in [-0.3, -0.25) is 19.2 Å². The zero-order chi connectivity index (χ0) is 26.5. The van der Waals surface area contributed by atoms with Crippen LogP contribution in [0.1, 0.15) is 37.8 Å². The largest absolute Gasteiger partial charge is 0.507 e. The molecule has 3 aliphatic rings. The number of hydrogen-bond acceptors (Lipinski definition) is 9. The molecule has 0 aromatic heterocycles. The summed E-state index contributed by atoms with van der Waals surface area (Å²) in [5.41, 5.74) is 2.92. The fourth-order valence-corrected chi connectivity index (χ4v) is 5.78. The molecule has 0 saturated heterocycles. The van der Waals surface area contributed by atoms with Gasteiger partial charge in [0, 0.05) is 23.8 Å². The number of hydrogen-bond donors (Lipinski definition) is 7. The molecule has 0 bridgehead atoms. The number of rotatable bonds is 6. The van der Waals surface area contributed by atoms with Crippen molar-refractivity contribution in [1.82, 2.24) is 5.32 Å². The average molecular weight is 574 g/mol. The minimum atomic E-state index is -2.63. The smallest absolute Gasteiger partial charge is 0.238 e. The molecule has 8 N–H and O–H groups in total. The third-order valence-corrected chi connectivity index (χ3v) is 7.37. The summed E-state index contributed by atoms with van der Waals surface area (Å²) in [5, 5.41) is 49.0. The summed E-state index contributed by atoms with van der Waals surface area (Å²) in [6.07, 6.45) is -1.80. The van der Waals surface area contributed by atoms with Gasteiger partial charge in [0.25, 0.3) is 0 Å². The molecule has 0 spiro atoms. The van der Waals surface area contributed by atoms with Gasteiger partial charge in [-0.15, -0.1) is 24.8 Å². The highest BCUT2D eigenvalue weighted by atomic mass is 35.5. The molecule has 1 aromatic rings. The van der Waals surface area contributed by atoms with E-state index in [0.29, 0.717) is 18.0 Å². The second-order valence-electron chi connectivity index (χ2n) is 10.3. The topological polar surface area (TPSA) is 199 Å². The third-order valence-electron chi connectivity index (χ3n) is 7.37. The number of fused-ring (bicyclic) bond motifs is 3. The molecule has 3 aliphatic carbocycles. The Balaban J connectivity index is 0.00000253. The highest BCUT2D eigenvalue weighted by Crippen LogP contribution is 2.53. The average Bonchev–Trinajstić information content (AvgIpc) is 2.77. The van der Waals surface area contributed by atoms with Crippen LogP contribution in [0.25, 0.3) is 5.76 Å². The number of Topliss-reactive ketones (excluding diaryl/α,β-unsaturated/α-hetero) is 2. The van der Waals surface area contributed by atoms with E-state index < -0.39 is 70.8 Å². The van der Waals surface area contributed by atoms with Gasteiger partial charge < -0.3 is 36.8 Å². The Hall–Kier alpha value is -2.70. The molecule has 0 radical (unpaired) electrons. The van der Waals surface area contributed by atoms with E-state index in [9.17, 15) is 39.6 Å². The maximum absolute atomic E-state index is 13.5. The first kappa shape index (κ1) is 31.5. The zero-order valence-electron chi connectivity index (χ0n) is 20.9. The van der Waals surface area contributed by atoms with E-state index in [0.717, 1.165) is 0 Å². The molecule has 4 rings (SSSR count). The lowest BCUT2D eigenvalue weighted by Crippen LogP contribution is -2.66. The van der Waals surface area contributed by atoms with Crippen LogP contribution in [0.4, 0.5) is 5.69 Å². The highest BCUT2D eigenvalue weighted by Gasteiger charge is 2.65. The highest BCUT2D eigenvalue weighted by molar-refractivity contribution is 6.22. The Labute approximate surface area is 231 Å². The number of amides is 2. The lowest BCUT2D eigenvalue weighted by atomic mass is 9.53. The number of benzene rings is 1. The zero-order valence-corrected chi connectivity index (χ0v) is 22.5. The monoisotopic (exact) mass is 573 g/mol. The number of halogens is 2. The standard InChI is InChI=1S/C25H31N3O8.2ClH/c1-10(2)8-27-9-17(31)28-15-4-3-11-5-13-19(24(26)35)14-6-12(29)7-16(30)25(14,36)23(34)20(13)22(33)18(11)21(15)32;;/h3-4,10,12-14,19,27,29,32-33,36H,5-9H2,1-2H3,(H2,26,35)(H,28,31);2*1H. The number of phenols is 1. The van der Waals surface area contributed by atoms with E-state index >= 15 is 0 Å². The number of nitrogens with two attached hydrogens (primary N) is 1. The van der Waals surface area contributed by atoms with Crippen molar-refractivity contribution in [2.75, 3.05) is 18.4 Å². The van der Waals surface area contributed by atoms with Crippen molar-refractivity contribution < 1.29 is 39.6 Å². The SMILES string of the molecule is CC(C)CNCC(=O)Nc1ccc2c(c1O)C(O)=C1C(=O)C3(O)C(=O)CC(O)CC3C(C(N)=O)C1C2.Cl.Cl. The quantitative estimate of drug-likeness (QED) is 0.188. The minimum Gasteiger partial charge on any atom is -0.507 e. The molecule has 2 amide bonds. The van der Waals surface area contributed by atoms with Crippen molar-refractivity contribution in [2.24, 2.45) is 29.4 Å². The normalized spacial score (nSPS) is 27.9. The van der Waals surface area contributed by atoms with Crippen LogP contribution in [0.15, 0.2) is 17.7 Å². The molecule has 0 heterocycles. The molecule has 38 heavy (non-hydrogen) atoms. The van der Waals surface area contributed by atoms with Gasteiger partial charge in [-0.1, -0.05) is 19.9 Å². The van der Waals surface area contributed by atoms with Crippen LogP contribution in [0.2, 0.25) is 0 Å². The van der Waals surface area contributed by atoms with Crippen LogP contribution in [-0.2, 0) is 25.6 Å². The summed E-state index contributed by atoms with van der Waals surface area (Å²) in [6.45, 7) is 4.58. The molecule has 13 heteroatoms. The van der Waals surface area contributed by atoms with E-state index in [1.807, 2.05) is 13.8 Å². The predicted octanol–water partition coefficient (Wildman–Crippen LogP) is 0.617. The van der Waals surface area contributed by atoms with Crippen LogP contribution in [0.3, 0.4) is 0 Å². The van der Waals surface area contributed by atoms with Crippen molar-refractivity contribution in [3.63, 3.8) is 0 Å². The first-order valence-corrected chi connectivity index (χ1v) is 11.9. The molecule has 1 aromatic carbocycles. The van der Waals surface area contributed by atoms with E-state index in [4.69, 9.17) is 5.73 Å². The maximum atomic E-state index is 13.5. The van der Waals surface area contributed by atoms with Gasteiger partial charge in [-0.25, -0.2) is 0 Å². The maximum Gasteiger partial charge on any atom is 0.238 e. The number of aromatic hydroxyl groups is 1. The van der Waals surface area contributed by atoms with E-state index in [-0.39, 0.29) is 61.0 Å². The number of aliphatic hydroxyl groups is 3. The molecule has 5 unspecified atom stereocenters. The van der Waals surface area contributed by atoms with Crippen LogP contribution >= 0.6 is 24.8 Å². The summed E-state index contributed by atoms with van der Waals surface area (Å²) in [4.78, 5) is 51.0. The third kappa shape index (κ3) is 5.13. The van der Waals surface area contributed by atoms with Crippen LogP contribution in [-0.4, -0.2) is 68.6 Å². The Kier molecular flexibility index (Phi) is 9.61. The Bertz CT molecular complexity index is 1190. The number of phenolic OH excluding ortho intramolecular Hbond substituents is 1. The molecule has 2 saturated carbocycles. The Morgan fingerprint density at radius 1 is 1.16 bits per heavy atom. The first-order chi connectivity index (χ1) is 16.9. The summed E-state index contributed by atoms with van der Waals surface area (Å²) in [5.74, 6) is -7.61. The van der Waals surface area contributed by atoms with Gasteiger partial charge in [0.15, 0.2) is 11.4 Å². The lowest BCUT2D eigenvalue weighted by Gasteiger charge is -2.50. The van der Waals surface area contributed by atoms with Crippen molar-refractivity contribution in [3.8, 4) is 5.75 Å². The summed E-state index contributed by atoms with van der Waals surface area (Å²) >= 11 is 0. The number of carbonyl (C=O) groups excluding carboxylic acids is 4. The van der Waals surface area contributed by atoms with Crippen molar-refractivity contribution in [1.29, 1.82) is 0 Å². The molecule has 2 fully saturated rings. The summed E-state index contributed by atoms with van der Waals surface area (Å²) in [7, 11) is 0. The van der Waals surface area contributed by atoms with Crippen molar-refractivity contribution in [2.45, 2.75) is 44.8 Å². The molecular formula is C25H33Cl2N3O8. The summed E-state index contributed by atoms with van der Waals surface area (Å²) in [6, 6.07) is 2.99. The van der Waals surface area contributed by atoms with Crippen LogP contribution in [0.5, 0.6) is 5.75 Å². The number of carbonyl (C=O) groups is 4. The van der Waals surface area contributed by atoms with Gasteiger partial charge in [0.1, 0.15) is 11.5 Å². The van der Waals surface area contributed by atoms with Gasteiger partial charge in [0.05, 0.1) is 29.8 Å². The number of ketones is 2. The molecule has 210 valence electrons. The molecule has 11 nitrogen and oxygen atoms in total. The second-order valence-corrected chi connectivity index (χ2v) is 10.3. The van der Waals surface area contributed by atoms with E-state index in [1.54, 1.807) is 6.07 Å². The number of anilines is 1. The fourth-order valence-electron chi connectivity index (χ4n) is 5.78. The van der Waals surface area contributed by atoms with Gasteiger partial charge >= 0.3 is 0 Å². The first-order valence-electron chi connectivity index (χ1n) is 11.9. The Morgan fingerprint density at radius 2 is 1.82 bits per heavy atom. The fraction of sp³-hybridized carbons (Fsp3) is 0.520. The predicted molar refractivity (Wildman–Crippen MR) is 142 cm³/mol. The molecule has 5 atom stereocenters. The number of aliphatic hydroxyl groups excluding tert-OH is 2. The molecular weight excluding hydrogens is 541 g/mol. The van der Waals surface area contributed by atoms with Gasteiger partial charge in [-0.2, -0.15) is 0 Å². The second kappa shape index (κ2) is 11.6.